The summed E-state index contributed by atoms with van der Waals surface area (Å²) < 4.78 is 5.50. The van der Waals surface area contributed by atoms with E-state index < -0.39 is 0 Å². The van der Waals surface area contributed by atoms with Crippen molar-refractivity contribution in [1.82, 2.24) is 9.88 Å². The fourth-order valence-corrected chi connectivity index (χ4v) is 2.98. The molecule has 0 spiro atoms. The van der Waals surface area contributed by atoms with E-state index in [1.807, 2.05) is 6.07 Å². The molecule has 3 rings (SSSR count). The molecule has 1 N–H and O–H groups in total. The molecule has 0 aliphatic carbocycles. The number of nitrogens with one attached hydrogen (secondary N) is 1. The Morgan fingerprint density at radius 2 is 2.22 bits per heavy atom. The van der Waals surface area contributed by atoms with Crippen LogP contribution in [0.5, 0.6) is 0 Å². The van der Waals surface area contributed by atoms with Crippen LogP contribution < -0.4 is 10.2 Å². The number of nitrogens with zero attached hydrogens (tertiary/aromatic N) is 4. The van der Waals surface area contributed by atoms with Gasteiger partial charge in [0.1, 0.15) is 0 Å². The number of anilines is 2. The summed E-state index contributed by atoms with van der Waals surface area (Å²) in [7, 11) is 0. The number of amides is 2. The van der Waals surface area contributed by atoms with Crippen LogP contribution in [0.2, 0.25) is 0 Å². The number of hydrogen-bond acceptors (Lipinski definition) is 5. The zero-order chi connectivity index (χ0) is 18.9. The molecule has 0 atom stereocenters. The third-order valence-corrected chi connectivity index (χ3v) is 4.40. The smallest absolute Gasteiger partial charge is 0.326 e. The quantitative estimate of drug-likeness (QED) is 0.881. The van der Waals surface area contributed by atoms with E-state index >= 15 is 0 Å². The average molecular weight is 365 g/mol. The van der Waals surface area contributed by atoms with Crippen LogP contribution in [0.25, 0.3) is 0 Å². The minimum atomic E-state index is -0.246. The molecule has 0 unspecified atom stereocenters. The van der Waals surface area contributed by atoms with E-state index in [2.05, 4.69) is 21.3 Å². The van der Waals surface area contributed by atoms with Crippen LogP contribution in [0.3, 0.4) is 0 Å². The van der Waals surface area contributed by atoms with E-state index in [0.29, 0.717) is 30.1 Å². The van der Waals surface area contributed by atoms with E-state index in [-0.39, 0.29) is 6.03 Å². The topological polar surface area (TPSA) is 81.5 Å². The Kier molecular flexibility index (Phi) is 6.74. The second-order valence-electron chi connectivity index (χ2n) is 6.29. The second kappa shape index (κ2) is 9.67. The maximum atomic E-state index is 12.9. The Labute approximate surface area is 159 Å². The molecule has 0 bridgehead atoms. The lowest BCUT2D eigenvalue weighted by Gasteiger charge is -2.27. The van der Waals surface area contributed by atoms with Crippen LogP contribution in [-0.4, -0.2) is 55.3 Å². The van der Waals surface area contributed by atoms with Gasteiger partial charge in [0.25, 0.3) is 0 Å². The van der Waals surface area contributed by atoms with Gasteiger partial charge in [-0.3, -0.25) is 14.8 Å². The molecule has 1 fully saturated rings. The summed E-state index contributed by atoms with van der Waals surface area (Å²) in [5.74, 6) is 0. The van der Waals surface area contributed by atoms with Crippen LogP contribution in [0.4, 0.5) is 16.2 Å². The van der Waals surface area contributed by atoms with Gasteiger partial charge in [-0.2, -0.15) is 5.26 Å². The van der Waals surface area contributed by atoms with E-state index in [1.54, 1.807) is 47.6 Å². The van der Waals surface area contributed by atoms with Gasteiger partial charge < -0.3 is 10.1 Å². The molecule has 1 aromatic carbocycles. The predicted octanol–water partition coefficient (Wildman–Crippen LogP) is 2.71. The number of urea groups is 1. The number of aromatic nitrogens is 1. The van der Waals surface area contributed by atoms with Gasteiger partial charge in [0.2, 0.25) is 0 Å². The summed E-state index contributed by atoms with van der Waals surface area (Å²) in [5, 5.41) is 12.1. The lowest BCUT2D eigenvalue weighted by molar-refractivity contribution is 0.142. The molecular formula is C20H23N5O2. The molecule has 1 aliphatic rings. The molecule has 7 nitrogen and oxygen atoms in total. The minimum absolute atomic E-state index is 0.246. The number of carbonyl (C=O) groups excluding carboxylic acids is 1. The lowest BCUT2D eigenvalue weighted by Crippen LogP contribution is -2.41. The number of nitriles is 1. The van der Waals surface area contributed by atoms with Gasteiger partial charge in [-0.25, -0.2) is 4.79 Å². The fourth-order valence-electron chi connectivity index (χ4n) is 2.98. The summed E-state index contributed by atoms with van der Waals surface area (Å²) in [4.78, 5) is 20.9. The largest absolute Gasteiger partial charge is 0.380 e. The molecule has 27 heavy (non-hydrogen) atoms. The van der Waals surface area contributed by atoms with Gasteiger partial charge in [0.15, 0.2) is 0 Å². The summed E-state index contributed by atoms with van der Waals surface area (Å²) in [6.07, 6.45) is 4.25. The molecule has 140 valence electrons. The highest BCUT2D eigenvalue weighted by molar-refractivity contribution is 6.01. The van der Waals surface area contributed by atoms with Crippen LogP contribution in [0, 0.1) is 11.3 Å². The first-order valence-corrected chi connectivity index (χ1v) is 9.05. The summed E-state index contributed by atoms with van der Waals surface area (Å²) in [5.41, 5.74) is 1.85. The molecule has 7 heteroatoms. The molecule has 0 radical (unpaired) electrons. The zero-order valence-corrected chi connectivity index (χ0v) is 15.2. The van der Waals surface area contributed by atoms with Gasteiger partial charge in [-0.05, 0) is 36.8 Å². The minimum Gasteiger partial charge on any atom is -0.380 e. The Balaban J connectivity index is 1.75. The summed E-state index contributed by atoms with van der Waals surface area (Å²) >= 11 is 0. The number of carbonyl (C=O) groups is 1. The maximum absolute atomic E-state index is 12.9. The molecule has 1 saturated heterocycles. The van der Waals surface area contributed by atoms with Crippen LogP contribution in [-0.2, 0) is 4.74 Å². The van der Waals surface area contributed by atoms with Gasteiger partial charge >= 0.3 is 6.03 Å². The summed E-state index contributed by atoms with van der Waals surface area (Å²) in [6.45, 7) is 4.56. The molecule has 1 aromatic heterocycles. The van der Waals surface area contributed by atoms with Crippen LogP contribution in [0.1, 0.15) is 12.0 Å². The molecule has 1 aliphatic heterocycles. The van der Waals surface area contributed by atoms with Crippen molar-refractivity contribution in [2.75, 3.05) is 49.6 Å². The second-order valence-corrected chi connectivity index (χ2v) is 6.29. The first-order valence-electron chi connectivity index (χ1n) is 9.05. The van der Waals surface area contributed by atoms with Crippen molar-refractivity contribution in [2.45, 2.75) is 6.42 Å². The zero-order valence-electron chi connectivity index (χ0n) is 15.2. The Morgan fingerprint density at radius 3 is 3.04 bits per heavy atom. The number of ether oxygens (including phenoxy) is 1. The molecular weight excluding hydrogens is 342 g/mol. The van der Waals surface area contributed by atoms with Crippen molar-refractivity contribution < 1.29 is 9.53 Å². The van der Waals surface area contributed by atoms with Gasteiger partial charge in [0, 0.05) is 44.7 Å². The van der Waals surface area contributed by atoms with Crippen LogP contribution >= 0.6 is 0 Å². The predicted molar refractivity (Wildman–Crippen MR) is 104 cm³/mol. The maximum Gasteiger partial charge on any atom is 0.326 e. The van der Waals surface area contributed by atoms with Crippen molar-refractivity contribution in [1.29, 1.82) is 5.26 Å². The Morgan fingerprint density at radius 1 is 1.30 bits per heavy atom. The number of hydrogen-bond donors (Lipinski definition) is 1. The van der Waals surface area contributed by atoms with Crippen molar-refractivity contribution in [3.63, 3.8) is 0 Å². The first-order chi connectivity index (χ1) is 13.3. The highest BCUT2D eigenvalue weighted by Gasteiger charge is 2.18. The van der Waals surface area contributed by atoms with E-state index in [0.717, 1.165) is 32.7 Å². The Bertz CT molecular complexity index is 782. The molecule has 2 amide bonds. The molecule has 0 saturated carbocycles. The highest BCUT2D eigenvalue weighted by atomic mass is 16.5. The van der Waals surface area contributed by atoms with E-state index in [4.69, 9.17) is 4.74 Å². The number of benzene rings is 1. The monoisotopic (exact) mass is 365 g/mol. The van der Waals surface area contributed by atoms with Gasteiger partial charge in [0.05, 0.1) is 30.1 Å². The number of rotatable bonds is 5. The molecule has 2 heterocycles. The standard InChI is InChI=1S/C20H23N5O2/c21-15-17-4-1-6-19(14-17)25(10-9-24-8-3-12-27-13-11-24)20(26)23-18-5-2-7-22-16-18/h1-2,4-7,14,16H,3,8-13H2,(H,23,26). The third kappa shape index (κ3) is 5.51. The van der Waals surface area contributed by atoms with Crippen molar-refractivity contribution in [3.8, 4) is 6.07 Å². The van der Waals surface area contributed by atoms with Gasteiger partial charge in [-0.15, -0.1) is 0 Å². The normalized spacial score (nSPS) is 14.8. The van der Waals surface area contributed by atoms with Crippen molar-refractivity contribution in [2.24, 2.45) is 0 Å². The van der Waals surface area contributed by atoms with E-state index in [1.165, 1.54) is 0 Å². The van der Waals surface area contributed by atoms with Crippen molar-refractivity contribution >= 4 is 17.4 Å². The van der Waals surface area contributed by atoms with Crippen molar-refractivity contribution in [3.05, 3.63) is 54.4 Å². The average Bonchev–Trinajstić information content (AvgIpc) is 2.98. The fraction of sp³-hybridized carbons (Fsp3) is 0.350. The van der Waals surface area contributed by atoms with Crippen LogP contribution in [0.15, 0.2) is 48.8 Å². The Hall–Kier alpha value is -2.95. The first kappa shape index (κ1) is 18.8. The molecule has 2 aromatic rings. The number of pyridine rings is 1. The lowest BCUT2D eigenvalue weighted by atomic mass is 10.2. The SMILES string of the molecule is N#Cc1cccc(N(CCN2CCCOCC2)C(=O)Nc2cccnc2)c1. The third-order valence-electron chi connectivity index (χ3n) is 4.40. The van der Waals surface area contributed by atoms with Gasteiger partial charge in [-0.1, -0.05) is 6.07 Å². The summed E-state index contributed by atoms with van der Waals surface area (Å²) in [6, 6.07) is 12.5. The highest BCUT2D eigenvalue weighted by Crippen LogP contribution is 2.18. The van der Waals surface area contributed by atoms with E-state index in [9.17, 15) is 10.1 Å².